The average molecular weight is 251 g/mol. The number of anilines is 1. The molecule has 1 N–H and O–H groups in total. The number of amides is 1. The van der Waals surface area contributed by atoms with Gasteiger partial charge in [0.25, 0.3) is 5.91 Å². The number of hydrogen-bond acceptors (Lipinski definition) is 4. The minimum absolute atomic E-state index is 0.0616. The van der Waals surface area contributed by atoms with Crippen molar-refractivity contribution in [1.82, 2.24) is 9.88 Å². The summed E-state index contributed by atoms with van der Waals surface area (Å²) in [7, 11) is 5.26. The molecule has 0 aliphatic heterocycles. The van der Waals surface area contributed by atoms with Crippen LogP contribution in [0.1, 0.15) is 16.8 Å². The summed E-state index contributed by atoms with van der Waals surface area (Å²) in [5, 5.41) is 8.58. The Balaban J connectivity index is 2.77. The number of aromatic nitrogens is 1. The molecule has 18 heavy (non-hydrogen) atoms. The fourth-order valence-electron chi connectivity index (χ4n) is 1.38. The van der Waals surface area contributed by atoms with Crippen LogP contribution in [0.4, 0.5) is 5.82 Å². The van der Waals surface area contributed by atoms with Gasteiger partial charge < -0.3 is 14.9 Å². The lowest BCUT2D eigenvalue weighted by atomic mass is 10.2. The number of aliphatic carboxylic acids is 1. The molecule has 6 nitrogen and oxygen atoms in total. The van der Waals surface area contributed by atoms with E-state index in [4.69, 9.17) is 5.11 Å². The van der Waals surface area contributed by atoms with Gasteiger partial charge in [-0.2, -0.15) is 0 Å². The van der Waals surface area contributed by atoms with E-state index in [2.05, 4.69) is 4.98 Å². The Hall–Kier alpha value is -2.11. The van der Waals surface area contributed by atoms with E-state index in [1.807, 2.05) is 14.1 Å². The van der Waals surface area contributed by atoms with Gasteiger partial charge in [0.05, 0.1) is 6.42 Å². The van der Waals surface area contributed by atoms with Crippen LogP contribution in [0.5, 0.6) is 0 Å². The molecule has 0 fully saturated rings. The van der Waals surface area contributed by atoms with E-state index in [1.165, 1.54) is 4.90 Å². The highest BCUT2D eigenvalue weighted by Crippen LogP contribution is 2.11. The summed E-state index contributed by atoms with van der Waals surface area (Å²) in [5.74, 6) is -0.437. The van der Waals surface area contributed by atoms with E-state index in [1.54, 1.807) is 30.3 Å². The van der Waals surface area contributed by atoms with Crippen molar-refractivity contribution in [2.75, 3.05) is 32.6 Å². The molecule has 1 amide bonds. The zero-order valence-corrected chi connectivity index (χ0v) is 10.8. The highest BCUT2D eigenvalue weighted by Gasteiger charge is 2.13. The van der Waals surface area contributed by atoms with E-state index >= 15 is 0 Å². The Morgan fingerprint density at radius 1 is 1.33 bits per heavy atom. The highest BCUT2D eigenvalue weighted by molar-refractivity contribution is 5.94. The van der Waals surface area contributed by atoms with Crippen molar-refractivity contribution in [3.63, 3.8) is 0 Å². The number of carboxylic acid groups (broad SMARTS) is 1. The summed E-state index contributed by atoms with van der Waals surface area (Å²) in [5.41, 5.74) is 0.501. The monoisotopic (exact) mass is 251 g/mol. The quantitative estimate of drug-likeness (QED) is 0.833. The first-order valence-corrected chi connectivity index (χ1v) is 5.52. The summed E-state index contributed by atoms with van der Waals surface area (Å²) in [6.45, 7) is 0.188. The molecule has 0 saturated heterocycles. The Kier molecular flexibility index (Phi) is 4.65. The standard InChI is InChI=1S/C12H17N3O3/c1-14(2)10-8-9(4-6-13-10)12(18)15(3)7-5-11(16)17/h4,6,8H,5,7H2,1-3H3,(H,16,17). The molecule has 1 aromatic rings. The number of nitrogens with zero attached hydrogens (tertiary/aromatic N) is 3. The molecule has 1 rings (SSSR count). The van der Waals surface area contributed by atoms with Gasteiger partial charge >= 0.3 is 5.97 Å². The van der Waals surface area contributed by atoms with Crippen LogP contribution < -0.4 is 4.90 Å². The molecular weight excluding hydrogens is 234 g/mol. The lowest BCUT2D eigenvalue weighted by Gasteiger charge is -2.17. The van der Waals surface area contributed by atoms with Gasteiger partial charge in [-0.15, -0.1) is 0 Å². The Morgan fingerprint density at radius 3 is 2.56 bits per heavy atom. The highest BCUT2D eigenvalue weighted by atomic mass is 16.4. The van der Waals surface area contributed by atoms with E-state index in [9.17, 15) is 9.59 Å². The zero-order valence-electron chi connectivity index (χ0n) is 10.8. The molecular formula is C12H17N3O3. The van der Waals surface area contributed by atoms with Gasteiger partial charge in [0.15, 0.2) is 0 Å². The maximum absolute atomic E-state index is 12.0. The predicted molar refractivity (Wildman–Crippen MR) is 67.8 cm³/mol. The normalized spacial score (nSPS) is 9.94. The van der Waals surface area contributed by atoms with Crippen molar-refractivity contribution >= 4 is 17.7 Å². The largest absolute Gasteiger partial charge is 0.481 e. The fourth-order valence-corrected chi connectivity index (χ4v) is 1.38. The second-order valence-corrected chi connectivity index (χ2v) is 4.17. The SMILES string of the molecule is CN(CCC(=O)O)C(=O)c1ccnc(N(C)C)c1. The van der Waals surface area contributed by atoms with Crippen LogP contribution in [0.15, 0.2) is 18.3 Å². The third-order valence-electron chi connectivity index (χ3n) is 2.46. The predicted octanol–water partition coefficient (Wildman–Crippen LogP) is 0.694. The van der Waals surface area contributed by atoms with Crippen LogP contribution in [0.25, 0.3) is 0 Å². The van der Waals surface area contributed by atoms with Crippen LogP contribution in [0.2, 0.25) is 0 Å². The minimum Gasteiger partial charge on any atom is -0.481 e. The van der Waals surface area contributed by atoms with Gasteiger partial charge in [0.2, 0.25) is 0 Å². The van der Waals surface area contributed by atoms with E-state index in [0.29, 0.717) is 11.4 Å². The Bertz CT molecular complexity index is 446. The average Bonchev–Trinajstić information content (AvgIpc) is 2.35. The number of carbonyl (C=O) groups excluding carboxylic acids is 1. The third kappa shape index (κ3) is 3.73. The fraction of sp³-hybridized carbons (Fsp3) is 0.417. The molecule has 0 aliphatic carbocycles. The molecule has 1 aromatic heterocycles. The molecule has 0 spiro atoms. The molecule has 0 aliphatic rings. The van der Waals surface area contributed by atoms with Crippen LogP contribution in [0.3, 0.4) is 0 Å². The van der Waals surface area contributed by atoms with Crippen molar-refractivity contribution in [2.45, 2.75) is 6.42 Å². The van der Waals surface area contributed by atoms with Gasteiger partial charge in [-0.25, -0.2) is 4.98 Å². The van der Waals surface area contributed by atoms with Gasteiger partial charge in [-0.1, -0.05) is 0 Å². The lowest BCUT2D eigenvalue weighted by Crippen LogP contribution is -2.29. The van der Waals surface area contributed by atoms with Gasteiger partial charge in [-0.3, -0.25) is 9.59 Å². The van der Waals surface area contributed by atoms with E-state index in [-0.39, 0.29) is 18.9 Å². The number of rotatable bonds is 5. The Morgan fingerprint density at radius 2 is 2.00 bits per heavy atom. The van der Waals surface area contributed by atoms with Gasteiger partial charge in [0.1, 0.15) is 5.82 Å². The first-order chi connectivity index (χ1) is 8.41. The molecule has 6 heteroatoms. The molecule has 0 bridgehead atoms. The van der Waals surface area contributed by atoms with Crippen molar-refractivity contribution < 1.29 is 14.7 Å². The second-order valence-electron chi connectivity index (χ2n) is 4.17. The van der Waals surface area contributed by atoms with E-state index in [0.717, 1.165) is 0 Å². The third-order valence-corrected chi connectivity index (χ3v) is 2.46. The van der Waals surface area contributed by atoms with Crippen LogP contribution >= 0.6 is 0 Å². The molecule has 0 saturated carbocycles. The summed E-state index contributed by atoms with van der Waals surface area (Å²) in [6, 6.07) is 3.30. The maximum atomic E-state index is 12.0. The molecule has 0 unspecified atom stereocenters. The maximum Gasteiger partial charge on any atom is 0.305 e. The molecule has 1 heterocycles. The molecule has 0 aromatic carbocycles. The van der Waals surface area contributed by atoms with Crippen molar-refractivity contribution in [2.24, 2.45) is 0 Å². The summed E-state index contributed by atoms with van der Waals surface area (Å²) in [6.07, 6.45) is 1.50. The topological polar surface area (TPSA) is 73.7 Å². The van der Waals surface area contributed by atoms with Crippen LogP contribution in [-0.4, -0.2) is 54.6 Å². The number of hydrogen-bond donors (Lipinski definition) is 1. The van der Waals surface area contributed by atoms with Crippen molar-refractivity contribution in [3.05, 3.63) is 23.9 Å². The number of carbonyl (C=O) groups is 2. The first-order valence-electron chi connectivity index (χ1n) is 5.52. The van der Waals surface area contributed by atoms with Gasteiger partial charge in [0, 0.05) is 39.4 Å². The molecule has 98 valence electrons. The second kappa shape index (κ2) is 6.00. The Labute approximate surface area is 106 Å². The van der Waals surface area contributed by atoms with Crippen molar-refractivity contribution in [1.29, 1.82) is 0 Å². The van der Waals surface area contributed by atoms with E-state index < -0.39 is 5.97 Å². The summed E-state index contributed by atoms with van der Waals surface area (Å²) in [4.78, 5) is 29.8. The number of pyridine rings is 1. The number of carboxylic acids is 1. The molecule has 0 radical (unpaired) electrons. The smallest absolute Gasteiger partial charge is 0.305 e. The summed E-state index contributed by atoms with van der Waals surface area (Å²) >= 11 is 0. The van der Waals surface area contributed by atoms with Crippen LogP contribution in [0, 0.1) is 0 Å². The van der Waals surface area contributed by atoms with Gasteiger partial charge in [-0.05, 0) is 12.1 Å². The van der Waals surface area contributed by atoms with Crippen LogP contribution in [-0.2, 0) is 4.79 Å². The summed E-state index contributed by atoms with van der Waals surface area (Å²) < 4.78 is 0. The molecule has 0 atom stereocenters. The first kappa shape index (κ1) is 14.0. The minimum atomic E-state index is -0.918. The van der Waals surface area contributed by atoms with Crippen molar-refractivity contribution in [3.8, 4) is 0 Å². The zero-order chi connectivity index (χ0) is 13.7. The lowest BCUT2D eigenvalue weighted by molar-refractivity contribution is -0.137.